The highest BCUT2D eigenvalue weighted by Gasteiger charge is 2.15. The summed E-state index contributed by atoms with van der Waals surface area (Å²) < 4.78 is 4.77. The van der Waals surface area contributed by atoms with Gasteiger partial charge in [-0.15, -0.1) is 0 Å². The second-order valence-electron chi connectivity index (χ2n) is 3.85. The van der Waals surface area contributed by atoms with Crippen molar-refractivity contribution in [3.05, 3.63) is 0 Å². The highest BCUT2D eigenvalue weighted by Crippen LogP contribution is 2.05. The molecule has 0 aliphatic heterocycles. The predicted octanol–water partition coefficient (Wildman–Crippen LogP) is -0.375. The smallest absolute Gasteiger partial charge is 0.408 e. The van der Waals surface area contributed by atoms with Crippen molar-refractivity contribution in [1.82, 2.24) is 5.32 Å². The summed E-state index contributed by atoms with van der Waals surface area (Å²) in [6.45, 7) is 4.41. The number of ether oxygens (including phenoxy) is 1. The summed E-state index contributed by atoms with van der Waals surface area (Å²) in [5.41, 5.74) is 3.98. The molecule has 0 aliphatic rings. The number of carboxylic acid groups (broad SMARTS) is 2. The van der Waals surface area contributed by atoms with Crippen molar-refractivity contribution in [3.8, 4) is 0 Å². The van der Waals surface area contributed by atoms with Gasteiger partial charge in [-0.2, -0.15) is 0 Å². The molecule has 0 unspecified atom stereocenters. The number of carbonyl (C=O) groups is 3. The van der Waals surface area contributed by atoms with Crippen LogP contribution in [0.3, 0.4) is 0 Å². The normalized spacial score (nSPS) is 9.65. The summed E-state index contributed by atoms with van der Waals surface area (Å²) in [6.07, 6.45) is -0.718. The number of aliphatic carboxylic acids is 2. The van der Waals surface area contributed by atoms with Crippen LogP contribution >= 0.6 is 0 Å². The van der Waals surface area contributed by atoms with Gasteiger partial charge in [-0.3, -0.25) is 9.59 Å². The molecule has 17 heavy (non-hydrogen) atoms. The largest absolute Gasteiger partial charge is 0.480 e. The third kappa shape index (κ3) is 20.3. The van der Waals surface area contributed by atoms with E-state index in [0.717, 1.165) is 0 Å². The zero-order valence-electron chi connectivity index (χ0n) is 10.0. The van der Waals surface area contributed by atoms with Gasteiger partial charge in [-0.05, 0) is 20.8 Å². The standard InChI is InChI=1S/C7H13NO4.C2H5NO2/c1-7(2,3)12-6(11)8-4-5(9)10;3-1-2(4)5/h4H2,1-3H3,(H,8,11)(H,9,10);1,3H2,(H,4,5). The van der Waals surface area contributed by atoms with Gasteiger partial charge in [0.2, 0.25) is 0 Å². The van der Waals surface area contributed by atoms with Crippen LogP contribution in [-0.4, -0.2) is 46.9 Å². The average Bonchev–Trinajstić information content (AvgIpc) is 2.13. The van der Waals surface area contributed by atoms with Crippen molar-refractivity contribution in [3.63, 3.8) is 0 Å². The maximum Gasteiger partial charge on any atom is 0.408 e. The fourth-order valence-electron chi connectivity index (χ4n) is 0.462. The number of alkyl carbamates (subject to hydrolysis) is 1. The molecular weight excluding hydrogens is 232 g/mol. The average molecular weight is 250 g/mol. The fourth-order valence-corrected chi connectivity index (χ4v) is 0.462. The minimum atomic E-state index is -1.10. The summed E-state index contributed by atoms with van der Waals surface area (Å²) in [5.74, 6) is -2.06. The lowest BCUT2D eigenvalue weighted by atomic mass is 10.2. The lowest BCUT2D eigenvalue weighted by molar-refractivity contribution is -0.136. The Bertz CT molecular complexity index is 271. The van der Waals surface area contributed by atoms with Crippen molar-refractivity contribution in [2.24, 2.45) is 5.73 Å². The van der Waals surface area contributed by atoms with E-state index in [2.05, 4.69) is 11.1 Å². The zero-order valence-corrected chi connectivity index (χ0v) is 10.0. The van der Waals surface area contributed by atoms with Crippen LogP contribution in [0, 0.1) is 0 Å². The van der Waals surface area contributed by atoms with E-state index >= 15 is 0 Å². The van der Waals surface area contributed by atoms with E-state index in [9.17, 15) is 14.4 Å². The summed E-state index contributed by atoms with van der Waals surface area (Å²) in [6, 6.07) is 0. The molecule has 0 heterocycles. The molecule has 0 aliphatic carbocycles. The molecule has 0 aromatic rings. The van der Waals surface area contributed by atoms with E-state index in [-0.39, 0.29) is 6.54 Å². The lowest BCUT2D eigenvalue weighted by Crippen LogP contribution is -2.35. The Labute approximate surface area is 98.7 Å². The van der Waals surface area contributed by atoms with Gasteiger partial charge in [0.1, 0.15) is 12.1 Å². The summed E-state index contributed by atoms with van der Waals surface area (Å²) in [5, 5.41) is 17.9. The Hall–Kier alpha value is -1.83. The monoisotopic (exact) mass is 250 g/mol. The first-order valence-corrected chi connectivity index (χ1v) is 4.69. The molecule has 0 saturated heterocycles. The van der Waals surface area contributed by atoms with Crippen LogP contribution in [0.15, 0.2) is 0 Å². The molecule has 8 heteroatoms. The molecule has 0 aromatic heterocycles. The first-order chi connectivity index (χ1) is 7.58. The van der Waals surface area contributed by atoms with Crippen molar-refractivity contribution in [1.29, 1.82) is 0 Å². The molecule has 0 saturated carbocycles. The zero-order chi connectivity index (χ0) is 14.1. The Kier molecular flexibility index (Phi) is 8.61. The molecule has 0 bridgehead atoms. The third-order valence-corrected chi connectivity index (χ3v) is 0.957. The number of rotatable bonds is 3. The molecule has 0 radical (unpaired) electrons. The molecule has 0 spiro atoms. The van der Waals surface area contributed by atoms with Crippen LogP contribution in [0.4, 0.5) is 4.79 Å². The fraction of sp³-hybridized carbons (Fsp3) is 0.667. The van der Waals surface area contributed by atoms with E-state index in [1.54, 1.807) is 20.8 Å². The molecule has 8 nitrogen and oxygen atoms in total. The van der Waals surface area contributed by atoms with Gasteiger partial charge in [-0.25, -0.2) is 4.79 Å². The first-order valence-electron chi connectivity index (χ1n) is 4.69. The molecular formula is C9H18N2O6. The van der Waals surface area contributed by atoms with E-state index in [4.69, 9.17) is 14.9 Å². The maximum atomic E-state index is 10.8. The topological polar surface area (TPSA) is 139 Å². The van der Waals surface area contributed by atoms with E-state index < -0.39 is 30.2 Å². The Balaban J connectivity index is 0. The van der Waals surface area contributed by atoms with Gasteiger partial charge >= 0.3 is 18.0 Å². The van der Waals surface area contributed by atoms with Crippen molar-refractivity contribution in [2.75, 3.05) is 13.1 Å². The number of carboxylic acids is 2. The number of nitrogens with one attached hydrogen (secondary N) is 1. The number of nitrogens with two attached hydrogens (primary N) is 1. The number of carbonyl (C=O) groups excluding carboxylic acids is 1. The van der Waals surface area contributed by atoms with Crippen molar-refractivity contribution < 1.29 is 29.3 Å². The minimum Gasteiger partial charge on any atom is -0.480 e. The van der Waals surface area contributed by atoms with Gasteiger partial charge in [0.15, 0.2) is 0 Å². The van der Waals surface area contributed by atoms with Crippen LogP contribution in [0.5, 0.6) is 0 Å². The van der Waals surface area contributed by atoms with Crippen molar-refractivity contribution in [2.45, 2.75) is 26.4 Å². The van der Waals surface area contributed by atoms with Gasteiger partial charge in [0.05, 0.1) is 6.54 Å². The highest BCUT2D eigenvalue weighted by atomic mass is 16.6. The third-order valence-electron chi connectivity index (χ3n) is 0.957. The van der Waals surface area contributed by atoms with E-state index in [1.807, 2.05) is 0 Å². The summed E-state index contributed by atoms with van der Waals surface area (Å²) in [4.78, 5) is 30.0. The van der Waals surface area contributed by atoms with E-state index in [0.29, 0.717) is 0 Å². The van der Waals surface area contributed by atoms with Gasteiger partial charge < -0.3 is 26.0 Å². The quantitative estimate of drug-likeness (QED) is 0.535. The van der Waals surface area contributed by atoms with Gasteiger partial charge in [0.25, 0.3) is 0 Å². The molecule has 5 N–H and O–H groups in total. The first kappa shape index (κ1) is 17.6. The van der Waals surface area contributed by atoms with Crippen LogP contribution < -0.4 is 11.1 Å². The van der Waals surface area contributed by atoms with Gasteiger partial charge in [0, 0.05) is 0 Å². The number of hydrogen-bond donors (Lipinski definition) is 4. The molecule has 0 rings (SSSR count). The van der Waals surface area contributed by atoms with Crippen LogP contribution in [0.2, 0.25) is 0 Å². The second kappa shape index (κ2) is 8.34. The van der Waals surface area contributed by atoms with Crippen LogP contribution in [0.1, 0.15) is 20.8 Å². The Morgan fingerprint density at radius 2 is 1.59 bits per heavy atom. The minimum absolute atomic E-state index is 0.278. The molecule has 0 atom stereocenters. The maximum absolute atomic E-state index is 10.8. The number of amides is 1. The van der Waals surface area contributed by atoms with Gasteiger partial charge in [-0.1, -0.05) is 0 Å². The van der Waals surface area contributed by atoms with Crippen LogP contribution in [-0.2, 0) is 14.3 Å². The lowest BCUT2D eigenvalue weighted by Gasteiger charge is -2.19. The Morgan fingerprint density at radius 1 is 1.18 bits per heavy atom. The van der Waals surface area contributed by atoms with Crippen LogP contribution in [0.25, 0.3) is 0 Å². The molecule has 0 aromatic carbocycles. The summed E-state index contributed by atoms with van der Waals surface area (Å²) in [7, 11) is 0. The predicted molar refractivity (Wildman–Crippen MR) is 58.6 cm³/mol. The summed E-state index contributed by atoms with van der Waals surface area (Å²) >= 11 is 0. The number of hydrogen-bond acceptors (Lipinski definition) is 5. The SMILES string of the molecule is CC(C)(C)OC(=O)NCC(=O)O.NCC(=O)O. The van der Waals surface area contributed by atoms with Crippen molar-refractivity contribution >= 4 is 18.0 Å². The molecule has 100 valence electrons. The molecule has 1 amide bonds. The second-order valence-corrected chi connectivity index (χ2v) is 3.85. The van der Waals surface area contributed by atoms with E-state index in [1.165, 1.54) is 0 Å². The highest BCUT2D eigenvalue weighted by molar-refractivity contribution is 5.76. The molecule has 0 fully saturated rings. The Morgan fingerprint density at radius 3 is 1.82 bits per heavy atom.